The van der Waals surface area contributed by atoms with Gasteiger partial charge in [0.05, 0.1) is 19.4 Å². The maximum absolute atomic E-state index is 12.6. The summed E-state index contributed by atoms with van der Waals surface area (Å²) in [4.78, 5) is 11.5. The molecule has 0 aliphatic rings. The number of carbonyl (C=O) groups excluding carboxylic acids is 1. The van der Waals surface area contributed by atoms with Gasteiger partial charge in [-0.2, -0.15) is 0 Å². The van der Waals surface area contributed by atoms with Crippen molar-refractivity contribution in [1.82, 2.24) is 5.32 Å². The topological polar surface area (TPSA) is 54.3 Å². The van der Waals surface area contributed by atoms with Crippen molar-refractivity contribution in [2.75, 3.05) is 11.9 Å². The van der Waals surface area contributed by atoms with Crippen LogP contribution in [0, 0.1) is 5.82 Å². The van der Waals surface area contributed by atoms with Crippen LogP contribution in [0.5, 0.6) is 0 Å². The highest BCUT2D eigenvalue weighted by atomic mass is 19.1. The molecule has 2 aromatic rings. The van der Waals surface area contributed by atoms with E-state index < -0.39 is 0 Å². The number of carbonyl (C=O) groups is 1. The van der Waals surface area contributed by atoms with Gasteiger partial charge in [-0.3, -0.25) is 4.79 Å². The fraction of sp³-hybridized carbons (Fsp3) is 0.154. The molecule has 0 saturated carbocycles. The van der Waals surface area contributed by atoms with Crippen molar-refractivity contribution < 1.29 is 13.6 Å². The smallest absolute Gasteiger partial charge is 0.238 e. The Morgan fingerprint density at radius 1 is 1.22 bits per heavy atom. The molecule has 0 fully saturated rings. The van der Waals surface area contributed by atoms with Gasteiger partial charge < -0.3 is 15.1 Å². The van der Waals surface area contributed by atoms with Gasteiger partial charge in [0.25, 0.3) is 0 Å². The molecule has 0 spiro atoms. The van der Waals surface area contributed by atoms with Crippen LogP contribution in [0.1, 0.15) is 5.76 Å². The Hall–Kier alpha value is -2.14. The van der Waals surface area contributed by atoms with Gasteiger partial charge in [0.1, 0.15) is 11.6 Å². The van der Waals surface area contributed by atoms with Gasteiger partial charge >= 0.3 is 0 Å². The number of furan rings is 1. The van der Waals surface area contributed by atoms with E-state index in [1.165, 1.54) is 24.3 Å². The van der Waals surface area contributed by atoms with Crippen LogP contribution in [-0.2, 0) is 11.3 Å². The predicted octanol–water partition coefficient (Wildman–Crippen LogP) is 2.15. The zero-order valence-corrected chi connectivity index (χ0v) is 9.65. The van der Waals surface area contributed by atoms with E-state index in [0.717, 1.165) is 5.76 Å². The number of benzene rings is 1. The van der Waals surface area contributed by atoms with Gasteiger partial charge in [-0.05, 0) is 36.4 Å². The van der Waals surface area contributed by atoms with Crippen molar-refractivity contribution in [3.05, 3.63) is 54.2 Å². The number of amides is 1. The van der Waals surface area contributed by atoms with E-state index in [2.05, 4.69) is 10.6 Å². The number of hydrogen-bond donors (Lipinski definition) is 2. The minimum atomic E-state index is -0.330. The molecule has 18 heavy (non-hydrogen) atoms. The number of rotatable bonds is 5. The van der Waals surface area contributed by atoms with E-state index in [1.807, 2.05) is 6.07 Å². The first-order valence-electron chi connectivity index (χ1n) is 5.52. The van der Waals surface area contributed by atoms with Crippen LogP contribution in [-0.4, -0.2) is 12.5 Å². The van der Waals surface area contributed by atoms with Gasteiger partial charge in [0.15, 0.2) is 0 Å². The molecule has 0 atom stereocenters. The van der Waals surface area contributed by atoms with E-state index in [-0.39, 0.29) is 18.3 Å². The van der Waals surface area contributed by atoms with Crippen LogP contribution in [0.2, 0.25) is 0 Å². The fourth-order valence-corrected chi connectivity index (χ4v) is 1.45. The molecule has 2 N–H and O–H groups in total. The van der Waals surface area contributed by atoms with Crippen molar-refractivity contribution in [1.29, 1.82) is 0 Å². The van der Waals surface area contributed by atoms with Gasteiger partial charge in [-0.25, -0.2) is 4.39 Å². The third kappa shape index (κ3) is 3.71. The van der Waals surface area contributed by atoms with Crippen LogP contribution >= 0.6 is 0 Å². The summed E-state index contributed by atoms with van der Waals surface area (Å²) in [5, 5.41) is 5.59. The van der Waals surface area contributed by atoms with Crippen molar-refractivity contribution in [3.8, 4) is 0 Å². The van der Waals surface area contributed by atoms with Crippen molar-refractivity contribution in [2.45, 2.75) is 6.54 Å². The monoisotopic (exact) mass is 248 g/mol. The number of hydrogen-bond acceptors (Lipinski definition) is 3. The molecule has 0 bridgehead atoms. The molecule has 0 aliphatic heterocycles. The summed E-state index contributed by atoms with van der Waals surface area (Å²) >= 11 is 0. The van der Waals surface area contributed by atoms with Crippen molar-refractivity contribution >= 4 is 11.6 Å². The lowest BCUT2D eigenvalue weighted by Crippen LogP contribution is -2.27. The lowest BCUT2D eigenvalue weighted by atomic mass is 10.3. The van der Waals surface area contributed by atoms with Crippen LogP contribution < -0.4 is 10.6 Å². The summed E-state index contributed by atoms with van der Waals surface area (Å²) in [7, 11) is 0. The van der Waals surface area contributed by atoms with Crippen LogP contribution in [0.3, 0.4) is 0 Å². The minimum Gasteiger partial charge on any atom is -0.468 e. The highest BCUT2D eigenvalue weighted by Gasteiger charge is 2.02. The zero-order chi connectivity index (χ0) is 12.8. The Labute approximate surface area is 104 Å². The second kappa shape index (κ2) is 5.97. The lowest BCUT2D eigenvalue weighted by Gasteiger charge is -2.05. The first kappa shape index (κ1) is 12.3. The maximum atomic E-state index is 12.6. The first-order chi connectivity index (χ1) is 8.74. The highest BCUT2D eigenvalue weighted by Crippen LogP contribution is 2.07. The first-order valence-corrected chi connectivity index (χ1v) is 5.52. The van der Waals surface area contributed by atoms with E-state index in [1.54, 1.807) is 12.3 Å². The SMILES string of the molecule is O=C(CNCc1ccco1)Nc1ccc(F)cc1. The summed E-state index contributed by atoms with van der Waals surface area (Å²) in [6, 6.07) is 9.23. The van der Waals surface area contributed by atoms with Gasteiger partial charge in [0, 0.05) is 5.69 Å². The highest BCUT2D eigenvalue weighted by molar-refractivity contribution is 5.92. The second-order valence-corrected chi connectivity index (χ2v) is 3.74. The second-order valence-electron chi connectivity index (χ2n) is 3.74. The van der Waals surface area contributed by atoms with E-state index in [0.29, 0.717) is 12.2 Å². The quantitative estimate of drug-likeness (QED) is 0.852. The van der Waals surface area contributed by atoms with Gasteiger partial charge in [-0.15, -0.1) is 0 Å². The van der Waals surface area contributed by atoms with Gasteiger partial charge in [-0.1, -0.05) is 0 Å². The van der Waals surface area contributed by atoms with Gasteiger partial charge in [0.2, 0.25) is 5.91 Å². The Kier molecular flexibility index (Phi) is 4.09. The standard InChI is InChI=1S/C13H13FN2O2/c14-10-3-5-11(6-4-10)16-13(17)9-15-8-12-2-1-7-18-12/h1-7,15H,8-9H2,(H,16,17). The fourth-order valence-electron chi connectivity index (χ4n) is 1.45. The molecule has 2 rings (SSSR count). The third-order valence-corrected chi connectivity index (χ3v) is 2.29. The molecular weight excluding hydrogens is 235 g/mol. The normalized spacial score (nSPS) is 10.3. The molecule has 1 amide bonds. The van der Waals surface area contributed by atoms with E-state index in [4.69, 9.17) is 4.42 Å². The van der Waals surface area contributed by atoms with Crippen molar-refractivity contribution in [2.24, 2.45) is 0 Å². The number of halogens is 1. The molecule has 5 heteroatoms. The van der Waals surface area contributed by atoms with Crippen molar-refractivity contribution in [3.63, 3.8) is 0 Å². The Bertz CT molecular complexity index is 494. The largest absolute Gasteiger partial charge is 0.468 e. The molecule has 0 aliphatic carbocycles. The lowest BCUT2D eigenvalue weighted by molar-refractivity contribution is -0.115. The average Bonchev–Trinajstić information content (AvgIpc) is 2.85. The molecule has 1 aromatic carbocycles. The van der Waals surface area contributed by atoms with E-state index in [9.17, 15) is 9.18 Å². The van der Waals surface area contributed by atoms with E-state index >= 15 is 0 Å². The summed E-state index contributed by atoms with van der Waals surface area (Å²) in [6.07, 6.45) is 1.58. The van der Waals surface area contributed by atoms with Crippen LogP contribution in [0.25, 0.3) is 0 Å². The number of anilines is 1. The average molecular weight is 248 g/mol. The zero-order valence-electron chi connectivity index (χ0n) is 9.65. The van der Waals surface area contributed by atoms with Crippen LogP contribution in [0.4, 0.5) is 10.1 Å². The molecule has 1 heterocycles. The minimum absolute atomic E-state index is 0.165. The third-order valence-electron chi connectivity index (χ3n) is 2.29. The number of nitrogens with one attached hydrogen (secondary N) is 2. The maximum Gasteiger partial charge on any atom is 0.238 e. The summed E-state index contributed by atoms with van der Waals surface area (Å²) < 4.78 is 17.8. The Balaban J connectivity index is 1.73. The summed E-state index contributed by atoms with van der Waals surface area (Å²) in [6.45, 7) is 0.655. The Morgan fingerprint density at radius 3 is 2.67 bits per heavy atom. The molecular formula is C13H13FN2O2. The Morgan fingerprint density at radius 2 is 2.00 bits per heavy atom. The summed E-state index contributed by atoms with van der Waals surface area (Å²) in [5.41, 5.74) is 0.571. The van der Waals surface area contributed by atoms with Crippen LogP contribution in [0.15, 0.2) is 47.1 Å². The molecule has 0 radical (unpaired) electrons. The molecule has 0 unspecified atom stereocenters. The molecule has 94 valence electrons. The predicted molar refractivity (Wildman–Crippen MR) is 65.4 cm³/mol. The molecule has 4 nitrogen and oxygen atoms in total. The molecule has 1 aromatic heterocycles. The molecule has 0 saturated heterocycles. The summed E-state index contributed by atoms with van der Waals surface area (Å²) in [5.74, 6) is 0.252.